The van der Waals surface area contributed by atoms with Crippen molar-refractivity contribution in [3.05, 3.63) is 21.7 Å². The Labute approximate surface area is 104 Å². The summed E-state index contributed by atoms with van der Waals surface area (Å²) in [6.07, 6.45) is 5.09. The van der Waals surface area contributed by atoms with E-state index in [-0.39, 0.29) is 23.7 Å². The van der Waals surface area contributed by atoms with Crippen LogP contribution in [0, 0.1) is 0 Å². The third-order valence-electron chi connectivity index (χ3n) is 3.39. The van der Waals surface area contributed by atoms with Gasteiger partial charge in [-0.1, -0.05) is 19.3 Å². The van der Waals surface area contributed by atoms with E-state index in [2.05, 4.69) is 9.97 Å². The van der Waals surface area contributed by atoms with Crippen LogP contribution in [0.25, 0.3) is 0 Å². The lowest BCUT2D eigenvalue weighted by atomic mass is 9.88. The van der Waals surface area contributed by atoms with Crippen molar-refractivity contribution in [2.75, 3.05) is 5.73 Å². The third-order valence-corrected chi connectivity index (χ3v) is 3.39. The maximum atomic E-state index is 11.8. The minimum Gasteiger partial charge on any atom is -0.481 e. The second kappa shape index (κ2) is 5.20. The van der Waals surface area contributed by atoms with Gasteiger partial charge in [0.05, 0.1) is 12.0 Å². The lowest BCUT2D eigenvalue weighted by Gasteiger charge is -2.21. The highest BCUT2D eigenvalue weighted by Crippen LogP contribution is 2.30. The molecule has 1 fully saturated rings. The van der Waals surface area contributed by atoms with Crippen LogP contribution in [0.2, 0.25) is 0 Å². The van der Waals surface area contributed by atoms with E-state index in [1.807, 2.05) is 0 Å². The molecule has 98 valence electrons. The molecule has 0 atom stereocenters. The summed E-state index contributed by atoms with van der Waals surface area (Å²) in [5.74, 6) is -0.194. The van der Waals surface area contributed by atoms with E-state index in [1.54, 1.807) is 0 Å². The molecule has 0 spiro atoms. The molecule has 0 bridgehead atoms. The molecule has 1 aliphatic carbocycles. The summed E-state index contributed by atoms with van der Waals surface area (Å²) in [5, 5.41) is 8.70. The fourth-order valence-electron chi connectivity index (χ4n) is 2.42. The average Bonchev–Trinajstić information content (AvgIpc) is 2.34. The van der Waals surface area contributed by atoms with Crippen LogP contribution in [0.4, 0.5) is 5.82 Å². The number of rotatable bonds is 3. The highest BCUT2D eigenvalue weighted by Gasteiger charge is 2.20. The van der Waals surface area contributed by atoms with Gasteiger partial charge in [0.15, 0.2) is 0 Å². The molecule has 1 saturated carbocycles. The number of H-pyrrole nitrogens is 1. The van der Waals surface area contributed by atoms with Crippen molar-refractivity contribution in [1.29, 1.82) is 0 Å². The van der Waals surface area contributed by atoms with Gasteiger partial charge in [-0.3, -0.25) is 9.59 Å². The van der Waals surface area contributed by atoms with Crippen molar-refractivity contribution in [3.63, 3.8) is 0 Å². The highest BCUT2D eigenvalue weighted by atomic mass is 16.4. The number of carboxylic acids is 1. The Balaban J connectivity index is 2.29. The first-order valence-electron chi connectivity index (χ1n) is 6.18. The number of hydrogen-bond acceptors (Lipinski definition) is 4. The van der Waals surface area contributed by atoms with Gasteiger partial charge in [-0.25, -0.2) is 4.98 Å². The summed E-state index contributed by atoms with van der Waals surface area (Å²) in [6, 6.07) is 0. The van der Waals surface area contributed by atoms with Gasteiger partial charge in [0.25, 0.3) is 5.56 Å². The van der Waals surface area contributed by atoms with Crippen molar-refractivity contribution in [3.8, 4) is 0 Å². The van der Waals surface area contributed by atoms with Crippen molar-refractivity contribution in [2.24, 2.45) is 0 Å². The van der Waals surface area contributed by atoms with Crippen LogP contribution in [0.3, 0.4) is 0 Å². The zero-order valence-corrected chi connectivity index (χ0v) is 10.1. The number of carboxylic acid groups (broad SMARTS) is 1. The first kappa shape index (κ1) is 12.6. The van der Waals surface area contributed by atoms with E-state index in [0.29, 0.717) is 5.82 Å². The molecule has 1 aliphatic rings. The molecule has 0 radical (unpaired) electrons. The summed E-state index contributed by atoms with van der Waals surface area (Å²) in [5.41, 5.74) is 5.30. The normalized spacial score (nSPS) is 16.7. The molecule has 0 saturated heterocycles. The van der Waals surface area contributed by atoms with Crippen LogP contribution in [-0.2, 0) is 11.2 Å². The lowest BCUT2D eigenvalue weighted by Crippen LogP contribution is -2.24. The smallest absolute Gasteiger partial charge is 0.308 e. The molecule has 2 rings (SSSR count). The lowest BCUT2D eigenvalue weighted by molar-refractivity contribution is -0.136. The van der Waals surface area contributed by atoms with Gasteiger partial charge in [-0.2, -0.15) is 0 Å². The largest absolute Gasteiger partial charge is 0.481 e. The predicted octanol–water partition coefficient (Wildman–Crippen LogP) is 1.03. The fourth-order valence-corrected chi connectivity index (χ4v) is 2.42. The van der Waals surface area contributed by atoms with Gasteiger partial charge in [0.1, 0.15) is 11.6 Å². The number of aliphatic carboxylic acids is 1. The number of nitrogens with zero attached hydrogens (tertiary/aromatic N) is 1. The van der Waals surface area contributed by atoms with E-state index < -0.39 is 11.5 Å². The zero-order valence-electron chi connectivity index (χ0n) is 10.1. The van der Waals surface area contributed by atoms with Gasteiger partial charge in [-0.15, -0.1) is 0 Å². The number of nitrogens with two attached hydrogens (primary N) is 1. The molecule has 6 nitrogen and oxygen atoms in total. The number of carbonyl (C=O) groups is 1. The number of aromatic amines is 1. The SMILES string of the molecule is Nc1nc(C2CCCCC2)[nH]c(=O)c1CC(=O)O. The van der Waals surface area contributed by atoms with Crippen molar-refractivity contribution < 1.29 is 9.90 Å². The number of hydrogen-bond donors (Lipinski definition) is 3. The van der Waals surface area contributed by atoms with Crippen LogP contribution in [0.5, 0.6) is 0 Å². The van der Waals surface area contributed by atoms with Gasteiger partial charge < -0.3 is 15.8 Å². The standard InChI is InChI=1S/C12H17N3O3/c13-10-8(6-9(16)17)12(18)15-11(14-10)7-4-2-1-3-5-7/h7H,1-6H2,(H,16,17)(H3,13,14,15,18). The molecule has 0 unspecified atom stereocenters. The van der Waals surface area contributed by atoms with Crippen LogP contribution in [-0.4, -0.2) is 21.0 Å². The topological polar surface area (TPSA) is 109 Å². The summed E-state index contributed by atoms with van der Waals surface area (Å²) < 4.78 is 0. The van der Waals surface area contributed by atoms with E-state index in [9.17, 15) is 9.59 Å². The molecule has 1 heterocycles. The zero-order chi connectivity index (χ0) is 13.1. The Hall–Kier alpha value is -1.85. The minimum atomic E-state index is -1.08. The molecule has 18 heavy (non-hydrogen) atoms. The fraction of sp³-hybridized carbons (Fsp3) is 0.583. The van der Waals surface area contributed by atoms with Crippen LogP contribution < -0.4 is 11.3 Å². The van der Waals surface area contributed by atoms with Crippen LogP contribution in [0.1, 0.15) is 49.4 Å². The first-order valence-corrected chi connectivity index (χ1v) is 6.18. The molecule has 1 aromatic heterocycles. The summed E-state index contributed by atoms with van der Waals surface area (Å²) in [7, 11) is 0. The average molecular weight is 251 g/mol. The van der Waals surface area contributed by atoms with E-state index >= 15 is 0 Å². The predicted molar refractivity (Wildman–Crippen MR) is 66.4 cm³/mol. The molecule has 0 amide bonds. The Morgan fingerprint density at radius 1 is 1.39 bits per heavy atom. The summed E-state index contributed by atoms with van der Waals surface area (Å²) in [6.45, 7) is 0. The van der Waals surface area contributed by atoms with Crippen molar-refractivity contribution >= 4 is 11.8 Å². The van der Waals surface area contributed by atoms with E-state index in [1.165, 1.54) is 6.42 Å². The number of anilines is 1. The quantitative estimate of drug-likeness (QED) is 0.743. The maximum absolute atomic E-state index is 11.8. The summed E-state index contributed by atoms with van der Waals surface area (Å²) in [4.78, 5) is 29.3. The van der Waals surface area contributed by atoms with Gasteiger partial charge in [-0.05, 0) is 12.8 Å². The Kier molecular flexibility index (Phi) is 3.64. The Bertz CT molecular complexity index is 504. The van der Waals surface area contributed by atoms with Crippen molar-refractivity contribution in [1.82, 2.24) is 9.97 Å². The third kappa shape index (κ3) is 2.69. The van der Waals surface area contributed by atoms with Gasteiger partial charge >= 0.3 is 5.97 Å². The summed E-state index contributed by atoms with van der Waals surface area (Å²) >= 11 is 0. The molecule has 4 N–H and O–H groups in total. The number of aromatic nitrogens is 2. The van der Waals surface area contributed by atoms with E-state index in [0.717, 1.165) is 25.7 Å². The van der Waals surface area contributed by atoms with Gasteiger partial charge in [0.2, 0.25) is 0 Å². The molecule has 0 aliphatic heterocycles. The molecule has 6 heteroatoms. The van der Waals surface area contributed by atoms with Gasteiger partial charge in [0, 0.05) is 5.92 Å². The molecule has 0 aromatic carbocycles. The highest BCUT2D eigenvalue weighted by molar-refractivity contribution is 5.71. The Morgan fingerprint density at radius 2 is 2.06 bits per heavy atom. The Morgan fingerprint density at radius 3 is 2.61 bits per heavy atom. The molecular weight excluding hydrogens is 234 g/mol. The molecule has 1 aromatic rings. The van der Waals surface area contributed by atoms with Crippen LogP contribution in [0.15, 0.2) is 4.79 Å². The molecular formula is C12H17N3O3. The van der Waals surface area contributed by atoms with Crippen molar-refractivity contribution in [2.45, 2.75) is 44.4 Å². The second-order valence-electron chi connectivity index (χ2n) is 4.72. The van der Waals surface area contributed by atoms with E-state index in [4.69, 9.17) is 10.8 Å². The minimum absolute atomic E-state index is 0.0433. The maximum Gasteiger partial charge on any atom is 0.308 e. The number of nitrogen functional groups attached to an aromatic ring is 1. The number of nitrogens with one attached hydrogen (secondary N) is 1. The van der Waals surface area contributed by atoms with Crippen LogP contribution >= 0.6 is 0 Å². The second-order valence-corrected chi connectivity index (χ2v) is 4.72. The first-order chi connectivity index (χ1) is 8.58. The monoisotopic (exact) mass is 251 g/mol.